The van der Waals surface area contributed by atoms with Crippen molar-refractivity contribution in [1.82, 2.24) is 15.2 Å². The first kappa shape index (κ1) is 16.5. The summed E-state index contributed by atoms with van der Waals surface area (Å²) >= 11 is 11.8. The number of hydrogen-bond donors (Lipinski definition) is 2. The molecule has 116 valence electrons. The van der Waals surface area contributed by atoms with Crippen molar-refractivity contribution in [1.29, 1.82) is 0 Å². The molecule has 0 bridgehead atoms. The molecule has 0 aliphatic carbocycles. The number of pyridine rings is 1. The molecule has 1 fully saturated rings. The second-order valence-corrected chi connectivity index (χ2v) is 6.27. The molecule has 7 heteroatoms. The molecule has 0 radical (unpaired) electrons. The number of anilines is 1. The fourth-order valence-electron chi connectivity index (χ4n) is 2.49. The second-order valence-electron chi connectivity index (χ2n) is 5.42. The molecule has 2 N–H and O–H groups in total. The first-order chi connectivity index (χ1) is 10.0. The summed E-state index contributed by atoms with van der Waals surface area (Å²) in [5.74, 6) is 0.880. The summed E-state index contributed by atoms with van der Waals surface area (Å²) in [5.41, 5.74) is 0. The van der Waals surface area contributed by atoms with Crippen molar-refractivity contribution < 1.29 is 4.79 Å². The Hall–Kier alpha value is -0.880. The molecule has 0 aromatic carbocycles. The van der Waals surface area contributed by atoms with Crippen LogP contribution in [0, 0.1) is 5.92 Å². The van der Waals surface area contributed by atoms with E-state index in [9.17, 15) is 4.79 Å². The van der Waals surface area contributed by atoms with E-state index in [-0.39, 0.29) is 5.91 Å². The molecule has 0 saturated carbocycles. The summed E-state index contributed by atoms with van der Waals surface area (Å²) in [5, 5.41) is 6.84. The Bertz CT molecular complexity index is 492. The summed E-state index contributed by atoms with van der Waals surface area (Å²) in [6.45, 7) is 3.38. The molecule has 2 rings (SSSR count). The van der Waals surface area contributed by atoms with Gasteiger partial charge >= 0.3 is 0 Å². The van der Waals surface area contributed by atoms with Crippen molar-refractivity contribution in [3.05, 3.63) is 22.3 Å². The van der Waals surface area contributed by atoms with Gasteiger partial charge in [0.1, 0.15) is 0 Å². The van der Waals surface area contributed by atoms with E-state index in [1.54, 1.807) is 6.07 Å². The maximum atomic E-state index is 12.0. The van der Waals surface area contributed by atoms with Crippen molar-refractivity contribution >= 4 is 34.9 Å². The Labute approximate surface area is 135 Å². The lowest BCUT2D eigenvalue weighted by Gasteiger charge is -2.27. The molecule has 0 spiro atoms. The van der Waals surface area contributed by atoms with E-state index in [1.807, 2.05) is 11.9 Å². The Morgan fingerprint density at radius 1 is 1.48 bits per heavy atom. The number of likely N-dealkylation sites (N-methyl/N-ethyl adjacent to an activating group) is 1. The molecule has 1 aromatic heterocycles. The first-order valence-corrected chi connectivity index (χ1v) is 7.80. The first-order valence-electron chi connectivity index (χ1n) is 7.04. The number of aromatic nitrogens is 1. The van der Waals surface area contributed by atoms with Crippen LogP contribution in [-0.2, 0) is 4.79 Å². The van der Waals surface area contributed by atoms with Crippen LogP contribution in [0.25, 0.3) is 0 Å². The third kappa shape index (κ3) is 5.43. The molecule has 21 heavy (non-hydrogen) atoms. The Morgan fingerprint density at radius 2 is 2.19 bits per heavy atom. The number of nitrogens with zero attached hydrogens (tertiary/aromatic N) is 2. The van der Waals surface area contributed by atoms with Crippen molar-refractivity contribution in [3.63, 3.8) is 0 Å². The molecule has 1 amide bonds. The monoisotopic (exact) mass is 330 g/mol. The van der Waals surface area contributed by atoms with Gasteiger partial charge in [0.25, 0.3) is 0 Å². The number of carbonyl (C=O) groups is 1. The zero-order valence-electron chi connectivity index (χ0n) is 12.0. The summed E-state index contributed by atoms with van der Waals surface area (Å²) < 4.78 is 0. The van der Waals surface area contributed by atoms with Gasteiger partial charge in [0.2, 0.25) is 5.91 Å². The van der Waals surface area contributed by atoms with E-state index in [1.165, 1.54) is 6.20 Å². The van der Waals surface area contributed by atoms with E-state index in [0.717, 1.165) is 32.5 Å². The molecule has 1 aliphatic rings. The van der Waals surface area contributed by atoms with Crippen LogP contribution in [-0.4, -0.2) is 49.0 Å². The van der Waals surface area contributed by atoms with Crippen LogP contribution in [0.3, 0.4) is 0 Å². The quantitative estimate of drug-likeness (QED) is 0.869. The highest BCUT2D eigenvalue weighted by Gasteiger charge is 2.17. The lowest BCUT2D eigenvalue weighted by Crippen LogP contribution is -2.37. The zero-order chi connectivity index (χ0) is 15.2. The largest absolute Gasteiger partial charge is 0.317 e. The van der Waals surface area contributed by atoms with Gasteiger partial charge < -0.3 is 10.6 Å². The maximum Gasteiger partial charge on any atom is 0.239 e. The minimum atomic E-state index is -0.122. The summed E-state index contributed by atoms with van der Waals surface area (Å²) in [7, 11) is 1.96. The van der Waals surface area contributed by atoms with E-state index in [0.29, 0.717) is 28.3 Å². The smallest absolute Gasteiger partial charge is 0.239 e. The van der Waals surface area contributed by atoms with Crippen LogP contribution in [0.2, 0.25) is 10.0 Å². The zero-order valence-corrected chi connectivity index (χ0v) is 13.5. The molecular weight excluding hydrogens is 311 g/mol. The van der Waals surface area contributed by atoms with Crippen LogP contribution < -0.4 is 10.6 Å². The number of rotatable bonds is 5. The average molecular weight is 331 g/mol. The number of hydrogen-bond acceptors (Lipinski definition) is 4. The van der Waals surface area contributed by atoms with E-state index < -0.39 is 0 Å². The molecule has 0 unspecified atom stereocenters. The highest BCUT2D eigenvalue weighted by Crippen LogP contribution is 2.22. The van der Waals surface area contributed by atoms with Gasteiger partial charge in [-0.3, -0.25) is 9.69 Å². The SMILES string of the molecule is CN(CC(=O)Nc1ncc(Cl)cc1Cl)CC1CCNCC1. The molecule has 5 nitrogen and oxygen atoms in total. The third-order valence-electron chi connectivity index (χ3n) is 3.51. The topological polar surface area (TPSA) is 57.3 Å². The predicted molar refractivity (Wildman–Crippen MR) is 86.0 cm³/mol. The highest BCUT2D eigenvalue weighted by molar-refractivity contribution is 6.36. The van der Waals surface area contributed by atoms with Gasteiger partial charge in [0, 0.05) is 12.7 Å². The standard InChI is InChI=1S/C14H20Cl2N4O/c1-20(8-10-2-4-17-5-3-10)9-13(21)19-14-12(16)6-11(15)7-18-14/h6-7,10,17H,2-5,8-9H2,1H3,(H,18,19,21). The fourth-order valence-corrected chi connectivity index (χ4v) is 2.92. The molecule has 1 saturated heterocycles. The van der Waals surface area contributed by atoms with Crippen molar-refractivity contribution in [3.8, 4) is 0 Å². The van der Waals surface area contributed by atoms with Crippen LogP contribution >= 0.6 is 23.2 Å². The summed E-state index contributed by atoms with van der Waals surface area (Å²) in [6.07, 6.45) is 3.79. The highest BCUT2D eigenvalue weighted by atomic mass is 35.5. The Morgan fingerprint density at radius 3 is 2.86 bits per heavy atom. The number of amides is 1. The van der Waals surface area contributed by atoms with Crippen LogP contribution in [0.5, 0.6) is 0 Å². The van der Waals surface area contributed by atoms with E-state index >= 15 is 0 Å². The fraction of sp³-hybridized carbons (Fsp3) is 0.571. The molecule has 1 aliphatic heterocycles. The van der Waals surface area contributed by atoms with Gasteiger partial charge in [-0.2, -0.15) is 0 Å². The lowest BCUT2D eigenvalue weighted by atomic mass is 9.98. The number of piperidine rings is 1. The molecular formula is C14H20Cl2N4O. The van der Waals surface area contributed by atoms with Crippen molar-refractivity contribution in [2.45, 2.75) is 12.8 Å². The van der Waals surface area contributed by atoms with Gasteiger partial charge in [0.05, 0.1) is 16.6 Å². The van der Waals surface area contributed by atoms with Crippen molar-refractivity contribution in [2.24, 2.45) is 5.92 Å². The minimum absolute atomic E-state index is 0.122. The van der Waals surface area contributed by atoms with E-state index in [4.69, 9.17) is 23.2 Å². The van der Waals surface area contributed by atoms with Crippen molar-refractivity contribution in [2.75, 3.05) is 38.5 Å². The minimum Gasteiger partial charge on any atom is -0.317 e. The average Bonchev–Trinajstić information content (AvgIpc) is 2.43. The number of carbonyl (C=O) groups excluding carboxylic acids is 1. The van der Waals surface area contributed by atoms with Gasteiger partial charge in [-0.1, -0.05) is 23.2 Å². The van der Waals surface area contributed by atoms with Crippen LogP contribution in [0.15, 0.2) is 12.3 Å². The maximum absolute atomic E-state index is 12.0. The predicted octanol–water partition coefficient (Wildman–Crippen LogP) is 2.26. The van der Waals surface area contributed by atoms with Crippen LogP contribution in [0.4, 0.5) is 5.82 Å². The number of halogens is 2. The van der Waals surface area contributed by atoms with E-state index in [2.05, 4.69) is 15.6 Å². The number of nitrogens with one attached hydrogen (secondary N) is 2. The van der Waals surface area contributed by atoms with Crippen LogP contribution in [0.1, 0.15) is 12.8 Å². The summed E-state index contributed by atoms with van der Waals surface area (Å²) in [6, 6.07) is 1.56. The van der Waals surface area contributed by atoms with Gasteiger partial charge in [-0.15, -0.1) is 0 Å². The van der Waals surface area contributed by atoms with Gasteiger partial charge in [-0.25, -0.2) is 4.98 Å². The second kappa shape index (κ2) is 7.94. The Balaban J connectivity index is 1.80. The summed E-state index contributed by atoms with van der Waals surface area (Å²) in [4.78, 5) is 18.1. The molecule has 1 aromatic rings. The molecule has 2 heterocycles. The van der Waals surface area contributed by atoms with Gasteiger partial charge in [-0.05, 0) is 45.0 Å². The molecule has 0 atom stereocenters. The Kier molecular flexibility index (Phi) is 6.23. The lowest BCUT2D eigenvalue weighted by molar-refractivity contribution is -0.117. The normalized spacial score (nSPS) is 16.2. The third-order valence-corrected chi connectivity index (χ3v) is 4.00. The van der Waals surface area contributed by atoms with Gasteiger partial charge in [0.15, 0.2) is 5.82 Å².